The van der Waals surface area contributed by atoms with Crippen molar-refractivity contribution < 1.29 is 9.53 Å². The second-order valence-electron chi connectivity index (χ2n) is 3.84. The molecule has 1 aliphatic carbocycles. The third-order valence-electron chi connectivity index (χ3n) is 2.44. The molecule has 2 rings (SSSR count). The molecule has 0 unspecified atom stereocenters. The second-order valence-corrected chi connectivity index (χ2v) is 4.24. The molecule has 1 aromatic rings. The third-order valence-corrected chi connectivity index (χ3v) is 2.74. The van der Waals surface area contributed by atoms with Gasteiger partial charge < -0.3 is 15.8 Å². The van der Waals surface area contributed by atoms with Crippen LogP contribution in [0.25, 0.3) is 0 Å². The number of carbonyl (C=O) groups excluding carboxylic acids is 1. The van der Waals surface area contributed by atoms with Crippen LogP contribution in [0.4, 0.5) is 11.4 Å². The van der Waals surface area contributed by atoms with Gasteiger partial charge in [0.2, 0.25) is 0 Å². The number of halogens is 1. The lowest BCUT2D eigenvalue weighted by molar-refractivity contribution is 0.0602. The first kappa shape index (κ1) is 11.1. The van der Waals surface area contributed by atoms with Gasteiger partial charge in [-0.1, -0.05) is 11.6 Å². The summed E-state index contributed by atoms with van der Waals surface area (Å²) in [5.74, 6) is -0.433. The molecule has 0 heterocycles. The molecular weight excluding hydrogens is 228 g/mol. The Balaban J connectivity index is 2.40. The van der Waals surface area contributed by atoms with E-state index in [4.69, 9.17) is 22.1 Å². The Bertz CT molecular complexity index is 430. The summed E-state index contributed by atoms with van der Waals surface area (Å²) < 4.78 is 4.70. The molecule has 0 bridgehead atoms. The average Bonchev–Trinajstić information content (AvgIpc) is 3.04. The highest BCUT2D eigenvalue weighted by atomic mass is 35.5. The zero-order valence-electron chi connectivity index (χ0n) is 8.92. The summed E-state index contributed by atoms with van der Waals surface area (Å²) in [5.41, 5.74) is 7.10. The molecule has 0 radical (unpaired) electrons. The van der Waals surface area contributed by atoms with Crippen molar-refractivity contribution in [2.75, 3.05) is 18.2 Å². The van der Waals surface area contributed by atoms with Crippen LogP contribution in [-0.2, 0) is 4.74 Å². The van der Waals surface area contributed by atoms with E-state index < -0.39 is 5.97 Å². The number of anilines is 2. The molecule has 16 heavy (non-hydrogen) atoms. The minimum Gasteiger partial charge on any atom is -0.465 e. The largest absolute Gasteiger partial charge is 0.465 e. The number of esters is 1. The number of benzene rings is 1. The van der Waals surface area contributed by atoms with Crippen LogP contribution in [0.1, 0.15) is 23.2 Å². The Hall–Kier alpha value is -1.42. The fraction of sp³-hybridized carbons (Fsp3) is 0.364. The average molecular weight is 241 g/mol. The lowest BCUT2D eigenvalue weighted by atomic mass is 10.1. The Labute approximate surface area is 98.7 Å². The molecule has 0 spiro atoms. The Kier molecular flexibility index (Phi) is 2.92. The first-order chi connectivity index (χ1) is 7.61. The molecule has 1 fully saturated rings. The van der Waals surface area contributed by atoms with Crippen LogP contribution in [0.3, 0.4) is 0 Å². The highest BCUT2D eigenvalue weighted by molar-refractivity contribution is 6.34. The van der Waals surface area contributed by atoms with E-state index in [1.807, 2.05) is 0 Å². The van der Waals surface area contributed by atoms with Crippen molar-refractivity contribution in [2.45, 2.75) is 18.9 Å². The van der Waals surface area contributed by atoms with Crippen molar-refractivity contribution >= 4 is 28.9 Å². The molecule has 5 heteroatoms. The number of nitrogen functional groups attached to an aromatic ring is 1. The van der Waals surface area contributed by atoms with E-state index in [1.165, 1.54) is 7.11 Å². The molecule has 1 saturated carbocycles. The van der Waals surface area contributed by atoms with Crippen LogP contribution in [0.15, 0.2) is 12.1 Å². The van der Waals surface area contributed by atoms with Crippen LogP contribution in [-0.4, -0.2) is 19.1 Å². The van der Waals surface area contributed by atoms with Crippen molar-refractivity contribution in [3.63, 3.8) is 0 Å². The number of hydrogen-bond acceptors (Lipinski definition) is 4. The monoisotopic (exact) mass is 240 g/mol. The van der Waals surface area contributed by atoms with Gasteiger partial charge in [-0.2, -0.15) is 0 Å². The molecule has 0 amide bonds. The summed E-state index contributed by atoms with van der Waals surface area (Å²) in [6, 6.07) is 3.60. The Morgan fingerprint density at radius 3 is 2.81 bits per heavy atom. The number of hydrogen-bond donors (Lipinski definition) is 2. The molecule has 0 atom stereocenters. The number of methoxy groups -OCH3 is 1. The van der Waals surface area contributed by atoms with Crippen LogP contribution in [0, 0.1) is 0 Å². The normalized spacial score (nSPS) is 14.6. The molecule has 1 aliphatic rings. The van der Waals surface area contributed by atoms with Gasteiger partial charge in [-0.25, -0.2) is 4.79 Å². The highest BCUT2D eigenvalue weighted by Gasteiger charge is 2.25. The van der Waals surface area contributed by atoms with Gasteiger partial charge in [-0.3, -0.25) is 0 Å². The number of ether oxygens (including phenoxy) is 1. The molecule has 4 nitrogen and oxygen atoms in total. The zero-order valence-corrected chi connectivity index (χ0v) is 9.67. The molecule has 3 N–H and O–H groups in total. The summed E-state index contributed by atoms with van der Waals surface area (Å²) in [7, 11) is 1.33. The first-order valence-electron chi connectivity index (χ1n) is 5.05. The number of nitrogens with one attached hydrogen (secondary N) is 1. The molecule has 0 aliphatic heterocycles. The van der Waals surface area contributed by atoms with E-state index in [0.29, 0.717) is 28.0 Å². The standard InChI is InChI=1S/C11H13ClN2O2/c1-16-11(15)8-4-6(13)5-9(12)10(8)14-7-2-3-7/h4-5,7,14H,2-3,13H2,1H3. The van der Waals surface area contributed by atoms with Crippen molar-refractivity contribution in [1.82, 2.24) is 0 Å². The summed E-state index contributed by atoms with van der Waals surface area (Å²) in [6.07, 6.45) is 2.20. The molecule has 0 saturated heterocycles. The SMILES string of the molecule is COC(=O)c1cc(N)cc(Cl)c1NC1CC1. The van der Waals surface area contributed by atoms with Crippen molar-refractivity contribution in [3.05, 3.63) is 22.7 Å². The predicted molar refractivity (Wildman–Crippen MR) is 63.8 cm³/mol. The lowest BCUT2D eigenvalue weighted by Gasteiger charge is -2.12. The minimum atomic E-state index is -0.433. The maximum atomic E-state index is 11.6. The maximum absolute atomic E-state index is 11.6. The summed E-state index contributed by atoms with van der Waals surface area (Å²) >= 11 is 6.06. The third kappa shape index (κ3) is 2.22. The fourth-order valence-corrected chi connectivity index (χ4v) is 1.76. The summed E-state index contributed by atoms with van der Waals surface area (Å²) in [5, 5.41) is 3.66. The van der Waals surface area contributed by atoms with Crippen molar-refractivity contribution in [1.29, 1.82) is 0 Å². The molecule has 0 aromatic heterocycles. The van der Waals surface area contributed by atoms with Crippen molar-refractivity contribution in [2.24, 2.45) is 0 Å². The van der Waals surface area contributed by atoms with Gasteiger partial charge >= 0.3 is 5.97 Å². The van der Waals surface area contributed by atoms with E-state index in [2.05, 4.69) is 5.32 Å². The van der Waals surface area contributed by atoms with E-state index in [0.717, 1.165) is 12.8 Å². The fourth-order valence-electron chi connectivity index (χ4n) is 1.48. The highest BCUT2D eigenvalue weighted by Crippen LogP contribution is 2.34. The van der Waals surface area contributed by atoms with Crippen molar-refractivity contribution in [3.8, 4) is 0 Å². The smallest absolute Gasteiger partial charge is 0.340 e. The number of rotatable bonds is 3. The Morgan fingerprint density at radius 1 is 1.56 bits per heavy atom. The molecule has 86 valence electrons. The predicted octanol–water partition coefficient (Wildman–Crippen LogP) is 2.28. The van der Waals surface area contributed by atoms with Crippen LogP contribution < -0.4 is 11.1 Å². The summed E-state index contributed by atoms with van der Waals surface area (Å²) in [4.78, 5) is 11.6. The molecular formula is C11H13ClN2O2. The van der Waals surface area contributed by atoms with E-state index in [-0.39, 0.29) is 0 Å². The van der Waals surface area contributed by atoms with E-state index >= 15 is 0 Å². The first-order valence-corrected chi connectivity index (χ1v) is 5.43. The van der Waals surface area contributed by atoms with Gasteiger partial charge in [0.25, 0.3) is 0 Å². The van der Waals surface area contributed by atoms with Gasteiger partial charge in [0.1, 0.15) is 0 Å². The van der Waals surface area contributed by atoms with Crippen LogP contribution >= 0.6 is 11.6 Å². The van der Waals surface area contributed by atoms with Gasteiger partial charge in [0, 0.05) is 11.7 Å². The molecule has 1 aromatic carbocycles. The second kappa shape index (κ2) is 4.22. The Morgan fingerprint density at radius 2 is 2.25 bits per heavy atom. The zero-order chi connectivity index (χ0) is 11.7. The lowest BCUT2D eigenvalue weighted by Crippen LogP contribution is -2.11. The van der Waals surface area contributed by atoms with Crippen LogP contribution in [0.5, 0.6) is 0 Å². The number of nitrogens with two attached hydrogens (primary N) is 1. The van der Waals surface area contributed by atoms with Gasteiger partial charge in [-0.05, 0) is 25.0 Å². The van der Waals surface area contributed by atoms with Crippen LogP contribution in [0.2, 0.25) is 5.02 Å². The number of carbonyl (C=O) groups is 1. The minimum absolute atomic E-state index is 0.388. The quantitative estimate of drug-likeness (QED) is 0.629. The topological polar surface area (TPSA) is 64.3 Å². The summed E-state index contributed by atoms with van der Waals surface area (Å²) in [6.45, 7) is 0. The van der Waals surface area contributed by atoms with Gasteiger partial charge in [0.15, 0.2) is 0 Å². The van der Waals surface area contributed by atoms with Gasteiger partial charge in [-0.15, -0.1) is 0 Å². The van der Waals surface area contributed by atoms with E-state index in [9.17, 15) is 4.79 Å². The van der Waals surface area contributed by atoms with E-state index in [1.54, 1.807) is 12.1 Å². The maximum Gasteiger partial charge on any atom is 0.340 e. The van der Waals surface area contributed by atoms with Gasteiger partial charge in [0.05, 0.1) is 23.4 Å².